The highest BCUT2D eigenvalue weighted by molar-refractivity contribution is 5.87. The van der Waals surface area contributed by atoms with E-state index >= 15 is 0 Å². The van der Waals surface area contributed by atoms with Gasteiger partial charge in [-0.1, -0.05) is 41.6 Å². The van der Waals surface area contributed by atoms with Crippen LogP contribution in [0.25, 0.3) is 22.1 Å². The highest BCUT2D eigenvalue weighted by Crippen LogP contribution is 2.28. The lowest BCUT2D eigenvalue weighted by atomic mass is 10.1. The molecule has 0 aliphatic heterocycles. The predicted octanol–water partition coefficient (Wildman–Crippen LogP) is 3.08. The van der Waals surface area contributed by atoms with Gasteiger partial charge in [-0.05, 0) is 16.8 Å². The van der Waals surface area contributed by atoms with Gasteiger partial charge in [-0.15, -0.1) is 0 Å². The van der Waals surface area contributed by atoms with Gasteiger partial charge in [0.25, 0.3) is 0 Å². The number of aromatic nitrogens is 1. The summed E-state index contributed by atoms with van der Waals surface area (Å²) in [6.07, 6.45) is 1.52. The SMILES string of the molecule is Nc1cnoc1-c1ccc2ccccc2c1. The summed E-state index contributed by atoms with van der Waals surface area (Å²) in [7, 11) is 0. The Morgan fingerprint density at radius 1 is 1.00 bits per heavy atom. The number of hydrogen-bond acceptors (Lipinski definition) is 3. The van der Waals surface area contributed by atoms with E-state index in [9.17, 15) is 0 Å². The van der Waals surface area contributed by atoms with Crippen molar-refractivity contribution in [1.29, 1.82) is 0 Å². The van der Waals surface area contributed by atoms with Crippen LogP contribution in [0.5, 0.6) is 0 Å². The first kappa shape index (κ1) is 8.97. The number of anilines is 1. The Morgan fingerprint density at radius 3 is 2.56 bits per heavy atom. The minimum absolute atomic E-state index is 0.565. The smallest absolute Gasteiger partial charge is 0.189 e. The molecule has 0 unspecified atom stereocenters. The van der Waals surface area contributed by atoms with Crippen LogP contribution in [0.3, 0.4) is 0 Å². The highest BCUT2D eigenvalue weighted by Gasteiger charge is 2.07. The summed E-state index contributed by atoms with van der Waals surface area (Å²) in [5.41, 5.74) is 7.28. The van der Waals surface area contributed by atoms with E-state index in [-0.39, 0.29) is 0 Å². The summed E-state index contributed by atoms with van der Waals surface area (Å²) >= 11 is 0. The second-order valence-electron chi connectivity index (χ2n) is 3.67. The van der Waals surface area contributed by atoms with Gasteiger partial charge in [0.05, 0.1) is 6.20 Å². The number of benzene rings is 2. The van der Waals surface area contributed by atoms with Crippen LogP contribution in [0.4, 0.5) is 5.69 Å². The van der Waals surface area contributed by atoms with Crippen LogP contribution in [0.1, 0.15) is 0 Å². The molecule has 2 N–H and O–H groups in total. The Hall–Kier alpha value is -2.29. The van der Waals surface area contributed by atoms with E-state index in [0.717, 1.165) is 10.9 Å². The number of nitrogen functional groups attached to an aromatic ring is 1. The quantitative estimate of drug-likeness (QED) is 0.671. The molecule has 0 saturated heterocycles. The Balaban J connectivity index is 2.23. The second kappa shape index (κ2) is 3.38. The molecule has 3 nitrogen and oxygen atoms in total. The van der Waals surface area contributed by atoms with Crippen LogP contribution >= 0.6 is 0 Å². The summed E-state index contributed by atoms with van der Waals surface area (Å²) in [6, 6.07) is 14.2. The Morgan fingerprint density at radius 2 is 1.81 bits per heavy atom. The van der Waals surface area contributed by atoms with E-state index in [2.05, 4.69) is 17.3 Å². The lowest BCUT2D eigenvalue weighted by molar-refractivity contribution is 0.432. The molecule has 3 heteroatoms. The van der Waals surface area contributed by atoms with E-state index in [0.29, 0.717) is 11.4 Å². The molecule has 1 aromatic heterocycles. The van der Waals surface area contributed by atoms with Gasteiger partial charge in [-0.3, -0.25) is 0 Å². The van der Waals surface area contributed by atoms with E-state index < -0.39 is 0 Å². The molecule has 1 heterocycles. The lowest BCUT2D eigenvalue weighted by Gasteiger charge is -2.00. The van der Waals surface area contributed by atoms with Crippen LogP contribution in [0.2, 0.25) is 0 Å². The summed E-state index contributed by atoms with van der Waals surface area (Å²) in [5, 5.41) is 6.04. The van der Waals surface area contributed by atoms with Gasteiger partial charge in [0.1, 0.15) is 5.69 Å². The molecule has 0 saturated carbocycles. The molecule has 0 radical (unpaired) electrons. The zero-order chi connectivity index (χ0) is 11.0. The van der Waals surface area contributed by atoms with E-state index in [1.807, 2.05) is 30.3 Å². The molecule has 78 valence electrons. The molecule has 0 amide bonds. The maximum absolute atomic E-state index is 5.76. The fourth-order valence-electron chi connectivity index (χ4n) is 1.80. The molecule has 0 aliphatic rings. The molecule has 16 heavy (non-hydrogen) atoms. The molecular weight excluding hydrogens is 200 g/mol. The maximum Gasteiger partial charge on any atom is 0.189 e. The van der Waals surface area contributed by atoms with Crippen molar-refractivity contribution in [2.45, 2.75) is 0 Å². The minimum atomic E-state index is 0.565. The predicted molar refractivity (Wildman–Crippen MR) is 63.9 cm³/mol. The fourth-order valence-corrected chi connectivity index (χ4v) is 1.80. The standard InChI is InChI=1S/C13H10N2O/c14-12-8-15-16-13(12)11-6-5-9-3-1-2-4-10(9)7-11/h1-8H,14H2. The average molecular weight is 210 g/mol. The average Bonchev–Trinajstić information content (AvgIpc) is 2.75. The molecule has 0 spiro atoms. The zero-order valence-electron chi connectivity index (χ0n) is 8.55. The molecular formula is C13H10N2O. The van der Waals surface area contributed by atoms with Crippen LogP contribution in [-0.2, 0) is 0 Å². The molecule has 0 atom stereocenters. The summed E-state index contributed by atoms with van der Waals surface area (Å²) in [4.78, 5) is 0. The van der Waals surface area contributed by atoms with Gasteiger partial charge in [-0.25, -0.2) is 0 Å². The number of nitrogens with two attached hydrogens (primary N) is 1. The van der Waals surface area contributed by atoms with Gasteiger partial charge in [0.15, 0.2) is 5.76 Å². The van der Waals surface area contributed by atoms with Crippen molar-refractivity contribution in [1.82, 2.24) is 5.16 Å². The first-order valence-corrected chi connectivity index (χ1v) is 5.04. The van der Waals surface area contributed by atoms with E-state index in [4.69, 9.17) is 10.3 Å². The fraction of sp³-hybridized carbons (Fsp3) is 0. The van der Waals surface area contributed by atoms with Gasteiger partial charge < -0.3 is 10.3 Å². The Kier molecular flexibility index (Phi) is 1.90. The van der Waals surface area contributed by atoms with Crippen LogP contribution in [0.15, 0.2) is 53.2 Å². The third-order valence-electron chi connectivity index (χ3n) is 2.61. The monoisotopic (exact) mass is 210 g/mol. The first-order valence-electron chi connectivity index (χ1n) is 5.04. The van der Waals surface area contributed by atoms with E-state index in [1.54, 1.807) is 0 Å². The third kappa shape index (κ3) is 1.34. The normalized spacial score (nSPS) is 10.8. The van der Waals surface area contributed by atoms with Gasteiger partial charge in [-0.2, -0.15) is 0 Å². The van der Waals surface area contributed by atoms with Crippen molar-refractivity contribution in [3.05, 3.63) is 48.7 Å². The molecule has 2 aromatic carbocycles. The van der Waals surface area contributed by atoms with Gasteiger partial charge in [0, 0.05) is 5.56 Å². The van der Waals surface area contributed by atoms with Gasteiger partial charge in [0.2, 0.25) is 0 Å². The number of nitrogens with zero attached hydrogens (tertiary/aromatic N) is 1. The topological polar surface area (TPSA) is 52.0 Å². The first-order chi connectivity index (χ1) is 7.84. The van der Waals surface area contributed by atoms with Gasteiger partial charge >= 0.3 is 0 Å². The molecule has 0 fully saturated rings. The molecule has 0 bridgehead atoms. The number of rotatable bonds is 1. The van der Waals surface area contributed by atoms with Crippen molar-refractivity contribution in [3.8, 4) is 11.3 Å². The summed E-state index contributed by atoms with van der Waals surface area (Å²) in [5.74, 6) is 0.630. The van der Waals surface area contributed by atoms with Crippen LogP contribution < -0.4 is 5.73 Å². The second-order valence-corrected chi connectivity index (χ2v) is 3.67. The van der Waals surface area contributed by atoms with E-state index in [1.165, 1.54) is 11.6 Å². The third-order valence-corrected chi connectivity index (χ3v) is 2.61. The van der Waals surface area contributed by atoms with Crippen molar-refractivity contribution >= 4 is 16.5 Å². The molecule has 3 aromatic rings. The summed E-state index contributed by atoms with van der Waals surface area (Å²) in [6.45, 7) is 0. The zero-order valence-corrected chi connectivity index (χ0v) is 8.55. The lowest BCUT2D eigenvalue weighted by Crippen LogP contribution is -1.84. The molecule has 3 rings (SSSR count). The Bertz CT molecular complexity index is 643. The minimum Gasteiger partial charge on any atom is -0.394 e. The highest BCUT2D eigenvalue weighted by atomic mass is 16.5. The Labute approximate surface area is 92.5 Å². The molecule has 0 aliphatic carbocycles. The van der Waals surface area contributed by atoms with Crippen molar-refractivity contribution < 1.29 is 4.52 Å². The van der Waals surface area contributed by atoms with Crippen molar-refractivity contribution in [2.75, 3.05) is 5.73 Å². The maximum atomic E-state index is 5.76. The van der Waals surface area contributed by atoms with Crippen LogP contribution in [0, 0.1) is 0 Å². The van der Waals surface area contributed by atoms with Crippen LogP contribution in [-0.4, -0.2) is 5.16 Å². The summed E-state index contributed by atoms with van der Waals surface area (Å²) < 4.78 is 5.12. The number of fused-ring (bicyclic) bond motifs is 1. The number of hydrogen-bond donors (Lipinski definition) is 1. The van der Waals surface area contributed by atoms with Crippen molar-refractivity contribution in [2.24, 2.45) is 0 Å². The largest absolute Gasteiger partial charge is 0.394 e. The van der Waals surface area contributed by atoms with Crippen molar-refractivity contribution in [3.63, 3.8) is 0 Å².